The van der Waals surface area contributed by atoms with E-state index in [0.717, 1.165) is 6.42 Å². The number of sulfonamides is 1. The van der Waals surface area contributed by atoms with Crippen molar-refractivity contribution < 1.29 is 22.7 Å². The van der Waals surface area contributed by atoms with Crippen LogP contribution in [0.25, 0.3) is 0 Å². The predicted molar refractivity (Wildman–Crippen MR) is 84.3 cm³/mol. The maximum Gasteiger partial charge on any atom is 0.309 e. The molecule has 23 heavy (non-hydrogen) atoms. The smallest absolute Gasteiger partial charge is 0.309 e. The molecule has 1 fully saturated rings. The van der Waals surface area contributed by atoms with Crippen LogP contribution in [0.4, 0.5) is 5.69 Å². The quantitative estimate of drug-likeness (QED) is 0.754. The number of aryl methyl sites for hydroxylation is 1. The second-order valence-electron chi connectivity index (χ2n) is 5.66. The van der Waals surface area contributed by atoms with Crippen molar-refractivity contribution in [2.75, 3.05) is 19.0 Å². The van der Waals surface area contributed by atoms with Gasteiger partial charge in [0.2, 0.25) is 10.0 Å². The van der Waals surface area contributed by atoms with Crippen LogP contribution in [0.1, 0.15) is 18.9 Å². The molecule has 1 amide bonds. The Morgan fingerprint density at radius 3 is 2.57 bits per heavy atom. The highest BCUT2D eigenvalue weighted by Gasteiger charge is 2.40. The summed E-state index contributed by atoms with van der Waals surface area (Å²) in [6.45, 7) is 3.22. The molecule has 1 aliphatic carbocycles. The highest BCUT2D eigenvalue weighted by molar-refractivity contribution is 7.89. The van der Waals surface area contributed by atoms with Gasteiger partial charge >= 0.3 is 5.97 Å². The lowest BCUT2D eigenvalue weighted by Crippen LogP contribution is -2.23. The SMILES string of the molecule is CNS(=O)(=O)c1cc(NC(=O)COC(=O)[C@H]2C[C@@H]2C)ccc1C. The van der Waals surface area contributed by atoms with Crippen molar-refractivity contribution >= 4 is 27.6 Å². The monoisotopic (exact) mass is 340 g/mol. The molecule has 1 aliphatic rings. The zero-order chi connectivity index (χ0) is 17.2. The summed E-state index contributed by atoms with van der Waals surface area (Å²) in [4.78, 5) is 23.4. The number of hydrogen-bond donors (Lipinski definition) is 2. The summed E-state index contributed by atoms with van der Waals surface area (Å²) in [5.41, 5.74) is 0.886. The average Bonchev–Trinajstić information content (AvgIpc) is 3.23. The fourth-order valence-corrected chi connectivity index (χ4v) is 3.16. The van der Waals surface area contributed by atoms with E-state index in [4.69, 9.17) is 4.74 Å². The Hall–Kier alpha value is -1.93. The van der Waals surface area contributed by atoms with Crippen molar-refractivity contribution in [2.24, 2.45) is 11.8 Å². The van der Waals surface area contributed by atoms with Crippen molar-refractivity contribution in [1.29, 1.82) is 0 Å². The highest BCUT2D eigenvalue weighted by Crippen LogP contribution is 2.38. The highest BCUT2D eigenvalue weighted by atomic mass is 32.2. The van der Waals surface area contributed by atoms with E-state index in [9.17, 15) is 18.0 Å². The van der Waals surface area contributed by atoms with Gasteiger partial charge in [0.05, 0.1) is 10.8 Å². The van der Waals surface area contributed by atoms with E-state index in [1.165, 1.54) is 13.1 Å². The second-order valence-corrected chi connectivity index (χ2v) is 7.52. The summed E-state index contributed by atoms with van der Waals surface area (Å²) in [6, 6.07) is 4.55. The van der Waals surface area contributed by atoms with E-state index >= 15 is 0 Å². The minimum atomic E-state index is -3.61. The number of nitrogens with one attached hydrogen (secondary N) is 2. The zero-order valence-electron chi connectivity index (χ0n) is 13.3. The van der Waals surface area contributed by atoms with Crippen LogP contribution in [0.5, 0.6) is 0 Å². The van der Waals surface area contributed by atoms with Crippen LogP contribution in [-0.4, -0.2) is 33.9 Å². The average molecular weight is 340 g/mol. The summed E-state index contributed by atoms with van der Waals surface area (Å²) in [5.74, 6) is -0.662. The van der Waals surface area contributed by atoms with Gasteiger partial charge in [-0.15, -0.1) is 0 Å². The van der Waals surface area contributed by atoms with Gasteiger partial charge in [-0.3, -0.25) is 9.59 Å². The minimum absolute atomic E-state index is 0.0848. The molecule has 0 heterocycles. The third-order valence-corrected chi connectivity index (χ3v) is 5.34. The molecule has 1 aromatic carbocycles. The normalized spacial score (nSPS) is 20.0. The lowest BCUT2D eigenvalue weighted by molar-refractivity contribution is -0.148. The Balaban J connectivity index is 1.98. The Bertz CT molecular complexity index is 729. The molecule has 1 saturated carbocycles. The van der Waals surface area contributed by atoms with Crippen molar-refractivity contribution in [3.05, 3.63) is 23.8 Å². The molecule has 0 radical (unpaired) electrons. The molecule has 2 rings (SSSR count). The number of benzene rings is 1. The van der Waals surface area contributed by atoms with E-state index in [1.54, 1.807) is 19.1 Å². The molecular weight excluding hydrogens is 320 g/mol. The van der Waals surface area contributed by atoms with Gasteiger partial charge in [0.1, 0.15) is 0 Å². The number of carbonyl (C=O) groups is 2. The molecule has 0 aliphatic heterocycles. The molecule has 2 N–H and O–H groups in total. The minimum Gasteiger partial charge on any atom is -0.455 e. The second kappa shape index (κ2) is 6.67. The van der Waals surface area contributed by atoms with E-state index in [-0.39, 0.29) is 23.4 Å². The number of amides is 1. The number of esters is 1. The molecule has 7 nitrogen and oxygen atoms in total. The lowest BCUT2D eigenvalue weighted by atomic mass is 10.2. The molecule has 2 atom stereocenters. The fraction of sp³-hybridized carbons (Fsp3) is 0.467. The van der Waals surface area contributed by atoms with E-state index in [0.29, 0.717) is 17.2 Å². The van der Waals surface area contributed by atoms with Crippen molar-refractivity contribution in [1.82, 2.24) is 4.72 Å². The van der Waals surface area contributed by atoms with E-state index in [2.05, 4.69) is 10.0 Å². The molecule has 0 unspecified atom stereocenters. The molecular formula is C15H20N2O5S. The molecule has 1 aromatic rings. The first kappa shape index (κ1) is 17.4. The first-order valence-electron chi connectivity index (χ1n) is 7.25. The summed E-state index contributed by atoms with van der Waals surface area (Å²) in [7, 11) is -2.29. The number of carbonyl (C=O) groups excluding carboxylic acids is 2. The van der Waals surface area contributed by atoms with Gasteiger partial charge in [0, 0.05) is 5.69 Å². The number of ether oxygens (including phenoxy) is 1. The third kappa shape index (κ3) is 4.29. The first-order valence-corrected chi connectivity index (χ1v) is 8.73. The Kier molecular flexibility index (Phi) is 5.06. The van der Waals surface area contributed by atoms with Crippen LogP contribution in [-0.2, 0) is 24.3 Å². The number of hydrogen-bond acceptors (Lipinski definition) is 5. The summed E-state index contributed by atoms with van der Waals surface area (Å²) >= 11 is 0. The van der Waals surface area contributed by atoms with Gasteiger partial charge < -0.3 is 10.1 Å². The molecule has 0 spiro atoms. The summed E-state index contributed by atoms with van der Waals surface area (Å²) < 4.78 is 31.0. The maximum atomic E-state index is 11.9. The summed E-state index contributed by atoms with van der Waals surface area (Å²) in [6.07, 6.45) is 0.795. The Morgan fingerprint density at radius 2 is 2.00 bits per heavy atom. The van der Waals surface area contributed by atoms with Crippen LogP contribution in [0.2, 0.25) is 0 Å². The molecule has 0 bridgehead atoms. The van der Waals surface area contributed by atoms with Crippen molar-refractivity contribution in [3.8, 4) is 0 Å². The predicted octanol–water partition coefficient (Wildman–Crippen LogP) is 1.04. The van der Waals surface area contributed by atoms with Crippen LogP contribution in [0.3, 0.4) is 0 Å². The summed E-state index contributed by atoms with van der Waals surface area (Å²) in [5, 5.41) is 2.52. The van der Waals surface area contributed by atoms with Crippen LogP contribution >= 0.6 is 0 Å². The van der Waals surface area contributed by atoms with Crippen molar-refractivity contribution in [3.63, 3.8) is 0 Å². The molecule has 126 valence electrons. The number of rotatable bonds is 6. The maximum absolute atomic E-state index is 11.9. The van der Waals surface area contributed by atoms with Gasteiger partial charge in [-0.05, 0) is 44.0 Å². The van der Waals surface area contributed by atoms with Crippen molar-refractivity contribution in [2.45, 2.75) is 25.2 Å². The Morgan fingerprint density at radius 1 is 1.35 bits per heavy atom. The largest absolute Gasteiger partial charge is 0.455 e. The zero-order valence-corrected chi connectivity index (χ0v) is 14.1. The first-order chi connectivity index (χ1) is 10.7. The van der Waals surface area contributed by atoms with E-state index < -0.39 is 15.9 Å². The molecule has 0 aromatic heterocycles. The van der Waals surface area contributed by atoms with Gasteiger partial charge in [0.25, 0.3) is 5.91 Å². The molecule has 8 heteroatoms. The van der Waals surface area contributed by atoms with Crippen LogP contribution in [0, 0.1) is 18.8 Å². The number of anilines is 1. The van der Waals surface area contributed by atoms with Gasteiger partial charge in [-0.1, -0.05) is 13.0 Å². The fourth-order valence-electron chi connectivity index (χ4n) is 2.17. The van der Waals surface area contributed by atoms with Gasteiger partial charge in [-0.2, -0.15) is 0 Å². The van der Waals surface area contributed by atoms with Gasteiger partial charge in [-0.25, -0.2) is 13.1 Å². The third-order valence-electron chi connectivity index (χ3n) is 3.79. The standard InChI is InChI=1S/C15H20N2O5S/c1-9-4-5-11(7-13(9)23(20,21)16-3)17-14(18)8-22-15(19)12-6-10(12)2/h4-5,7,10,12,16H,6,8H2,1-3H3,(H,17,18)/t10-,12-/m0/s1. The van der Waals surface area contributed by atoms with Gasteiger partial charge in [0.15, 0.2) is 6.61 Å². The van der Waals surface area contributed by atoms with Crippen LogP contribution < -0.4 is 10.0 Å². The van der Waals surface area contributed by atoms with E-state index in [1.807, 2.05) is 6.92 Å². The Labute approximate surface area is 135 Å². The molecule has 0 saturated heterocycles. The van der Waals surface area contributed by atoms with Crippen LogP contribution in [0.15, 0.2) is 23.1 Å². The topological polar surface area (TPSA) is 102 Å². The lowest BCUT2D eigenvalue weighted by Gasteiger charge is -2.10.